The summed E-state index contributed by atoms with van der Waals surface area (Å²) in [5, 5.41) is 22.5. The quantitative estimate of drug-likeness (QED) is 0.0159. The van der Waals surface area contributed by atoms with E-state index in [0.29, 0.717) is 31.4 Å². The Morgan fingerprint density at radius 3 is 2.22 bits per heavy atom. The molecule has 1 saturated heterocycles. The van der Waals surface area contributed by atoms with Crippen LogP contribution in [-0.2, 0) is 74.4 Å². The number of halogens is 2. The van der Waals surface area contributed by atoms with Crippen molar-refractivity contribution in [1.29, 1.82) is 0 Å². The maximum Gasteiger partial charge on any atom is 0.399 e. The number of primary amides is 1. The van der Waals surface area contributed by atoms with Crippen LogP contribution in [0, 0.1) is 12.3 Å². The number of likely N-dealkylation sites (tertiary alicyclic amines) is 1. The molecule has 3 aliphatic rings. The Kier molecular flexibility index (Phi) is 21.6. The van der Waals surface area contributed by atoms with E-state index in [1.54, 1.807) is 23.8 Å². The number of alkyl halides is 2. The number of rotatable bonds is 25. The fourth-order valence-corrected chi connectivity index (χ4v) is 12.9. The number of para-hydroxylation sites is 1. The monoisotopic (exact) mass is 1260 g/mol. The number of benzene rings is 4. The van der Waals surface area contributed by atoms with Crippen LogP contribution < -0.4 is 31.9 Å². The third-order valence-corrected chi connectivity index (χ3v) is 18.7. The van der Waals surface area contributed by atoms with Crippen LogP contribution in [0.15, 0.2) is 103 Å². The Morgan fingerprint density at radius 1 is 0.888 bits per heavy atom. The zero-order valence-corrected chi connectivity index (χ0v) is 52.7. The number of allylic oxidation sites excluding steroid dienone is 1. The molecule has 0 saturated carbocycles. The van der Waals surface area contributed by atoms with E-state index in [4.69, 9.17) is 10.5 Å². The number of nitrogens with one attached hydrogen (secondary N) is 4. The fraction of sp³-hybridized carbons (Fsp3) is 0.446. The van der Waals surface area contributed by atoms with Gasteiger partial charge in [0.15, 0.2) is 0 Å². The average molecular weight is 1270 g/mol. The number of anilines is 1. The molecule has 476 valence electrons. The first-order valence-electron chi connectivity index (χ1n) is 29.8. The number of aliphatic hydroxyl groups excluding tert-OH is 1. The molecule has 9 N–H and O–H groups in total. The van der Waals surface area contributed by atoms with Crippen LogP contribution in [0.2, 0.25) is 0 Å². The molecule has 3 aliphatic heterocycles. The van der Waals surface area contributed by atoms with Crippen molar-refractivity contribution >= 4 is 71.5 Å². The highest BCUT2D eigenvalue weighted by Gasteiger charge is 2.51. The third kappa shape index (κ3) is 16.5. The van der Waals surface area contributed by atoms with Crippen molar-refractivity contribution in [3.63, 3.8) is 0 Å². The second kappa shape index (κ2) is 28.5. The largest absolute Gasteiger partial charge is 0.399 e. The molecule has 0 radical (unpaired) electrons. The minimum atomic E-state index is -5.86. The molecular weight excluding hydrogens is 1190 g/mol. The van der Waals surface area contributed by atoms with Gasteiger partial charge in [0.1, 0.15) is 24.2 Å². The van der Waals surface area contributed by atoms with Gasteiger partial charge in [-0.15, -0.1) is 11.3 Å². The van der Waals surface area contributed by atoms with Gasteiger partial charge in [0, 0.05) is 43.9 Å². The standard InChI is InChI=1S/C65H79F2N8O12PS/c1-37(46-14-11-16-48(31-46)65(66,67)88(84,85)86)30-56(79)71-51-27-26-44-13-10-15-47-32-53(75(57(44)47)62(51)82)61(81)72-50(28-29-54(68)77)40(4)87-35-42-20-18-41(19-21-42)12-8-9-17-55(78)73-59(64(5,6)7)63(83)74-34-49(76)33-52(74)60(80)70-38(2)43-22-24-45(25-23-43)58-39(3)69-36-89-58/h10-11,13-16,18-25,30-31,36,38,40,49-53,59,76H,8-9,12,17,26-29,32-35H2,1-7H3,(H2,68,77)(H,70,80)(H,71,79)(H,72,81)(H,73,78)(H2,84,85,86)/b37-30+/t38-,40+,49+,50-,51-,52-,53-,59+/m0/s1. The van der Waals surface area contributed by atoms with Crippen molar-refractivity contribution < 1.29 is 66.5 Å². The van der Waals surface area contributed by atoms with Gasteiger partial charge in [0.05, 0.1) is 52.7 Å². The number of aliphatic hydroxyl groups is 1. The summed E-state index contributed by atoms with van der Waals surface area (Å²) in [5.74, 6) is -3.53. The van der Waals surface area contributed by atoms with Crippen molar-refractivity contribution in [3.8, 4) is 10.4 Å². The van der Waals surface area contributed by atoms with Crippen molar-refractivity contribution in [2.75, 3.05) is 11.4 Å². The minimum absolute atomic E-state index is 0.0404. The summed E-state index contributed by atoms with van der Waals surface area (Å²) in [7, 11) is -5.86. The number of ether oxygens (including phenoxy) is 1. The lowest BCUT2D eigenvalue weighted by molar-refractivity contribution is -0.144. The average Bonchev–Trinajstić information content (AvgIpc) is 1.69. The number of thiazole rings is 1. The van der Waals surface area contributed by atoms with Gasteiger partial charge in [-0.3, -0.25) is 43.0 Å². The van der Waals surface area contributed by atoms with Crippen LogP contribution in [0.5, 0.6) is 0 Å². The minimum Gasteiger partial charge on any atom is -0.391 e. The highest BCUT2D eigenvalue weighted by molar-refractivity contribution is 7.52. The topological polar surface area (TPSA) is 300 Å². The van der Waals surface area contributed by atoms with Crippen LogP contribution in [0.3, 0.4) is 0 Å². The Morgan fingerprint density at radius 2 is 1.56 bits per heavy atom. The lowest BCUT2D eigenvalue weighted by Crippen LogP contribution is -2.57. The summed E-state index contributed by atoms with van der Waals surface area (Å²) in [6.07, 6.45) is 2.38. The van der Waals surface area contributed by atoms with Gasteiger partial charge < -0.3 is 51.5 Å². The molecular formula is C65H79F2N8O12PS. The number of β-amino-alcohol motifs (C(OH)–C–C–N with tert-alkyl or cyclic N) is 1. The number of nitrogens with zero attached hydrogens (tertiary/aromatic N) is 3. The Balaban J connectivity index is 0.818. The van der Waals surface area contributed by atoms with Crippen LogP contribution in [0.1, 0.15) is 137 Å². The third-order valence-electron chi connectivity index (χ3n) is 16.7. The van der Waals surface area contributed by atoms with Crippen molar-refractivity contribution in [3.05, 3.63) is 147 Å². The van der Waals surface area contributed by atoms with E-state index < -0.39 is 96.2 Å². The molecule has 8 rings (SSSR count). The SMILES string of the molecule is C/C(=C\C(=O)N[C@H]1CCc2cccc3c2N(C1=O)[C@H](C(=O)N[C@@H](CCC(N)=O)[C@@H](C)OCc1ccc(CCCCC(=O)N[C@H](C(=O)N2C[C@H](O)C[C@H]2C(=O)N[C@@H](C)c2ccc(-c4scnc4C)cc2)C(C)(C)C)cc1)C3)c1cccc(C(F)(F)P(=O)(O)O)c1. The maximum absolute atomic E-state index is 14.5. The van der Waals surface area contributed by atoms with Crippen LogP contribution in [-0.4, -0.2) is 115 Å². The van der Waals surface area contributed by atoms with E-state index in [1.165, 1.54) is 28.9 Å². The summed E-state index contributed by atoms with van der Waals surface area (Å²) in [6, 6.07) is 20.3. The van der Waals surface area contributed by atoms with Crippen LogP contribution >= 0.6 is 18.9 Å². The van der Waals surface area contributed by atoms with E-state index in [0.717, 1.165) is 62.2 Å². The number of aryl methyl sites for hydroxylation is 3. The highest BCUT2D eigenvalue weighted by Crippen LogP contribution is 2.59. The second-order valence-corrected chi connectivity index (χ2v) is 27.0. The van der Waals surface area contributed by atoms with E-state index in [1.807, 2.05) is 101 Å². The van der Waals surface area contributed by atoms with Gasteiger partial charge in [0.25, 0.3) is 0 Å². The summed E-state index contributed by atoms with van der Waals surface area (Å²) < 4.78 is 46.9. The molecule has 4 aromatic carbocycles. The summed E-state index contributed by atoms with van der Waals surface area (Å²) >= 11 is 1.56. The van der Waals surface area contributed by atoms with Gasteiger partial charge in [-0.1, -0.05) is 106 Å². The van der Waals surface area contributed by atoms with E-state index in [9.17, 15) is 61.8 Å². The Hall–Kier alpha value is -7.53. The second-order valence-electron chi connectivity index (χ2n) is 24.5. The summed E-state index contributed by atoms with van der Waals surface area (Å²) in [4.78, 5) is 123. The molecule has 0 bridgehead atoms. The number of aromatic nitrogens is 1. The summed E-state index contributed by atoms with van der Waals surface area (Å²) in [5.41, 5.74) is 8.32. The van der Waals surface area contributed by atoms with Crippen molar-refractivity contribution in [1.82, 2.24) is 31.2 Å². The van der Waals surface area contributed by atoms with Gasteiger partial charge in [-0.05, 0) is 122 Å². The lowest BCUT2D eigenvalue weighted by atomic mass is 9.85. The number of hydrogen-bond acceptors (Lipinski definition) is 12. The molecule has 0 unspecified atom stereocenters. The molecule has 20 nitrogen and oxygen atoms in total. The smallest absolute Gasteiger partial charge is 0.391 e. The van der Waals surface area contributed by atoms with Gasteiger partial charge in [-0.2, -0.15) is 8.78 Å². The molecule has 0 aliphatic carbocycles. The fourth-order valence-electron chi connectivity index (χ4n) is 11.6. The number of nitrogens with two attached hydrogens (primary N) is 1. The molecule has 0 spiro atoms. The van der Waals surface area contributed by atoms with E-state index in [-0.39, 0.29) is 80.7 Å². The maximum atomic E-state index is 14.5. The van der Waals surface area contributed by atoms with Gasteiger partial charge in [-0.25, -0.2) is 4.98 Å². The summed E-state index contributed by atoms with van der Waals surface area (Å²) in [6.45, 7) is 12.7. The van der Waals surface area contributed by atoms with E-state index >= 15 is 0 Å². The predicted octanol–water partition coefficient (Wildman–Crippen LogP) is 7.58. The molecule has 89 heavy (non-hydrogen) atoms. The number of amides is 7. The molecule has 1 aromatic heterocycles. The first-order valence-corrected chi connectivity index (χ1v) is 32.3. The normalized spacial score (nSPS) is 19.1. The molecule has 1 fully saturated rings. The molecule has 7 amide bonds. The molecule has 8 atom stereocenters. The number of carbonyl (C=O) groups is 7. The predicted molar refractivity (Wildman–Crippen MR) is 333 cm³/mol. The van der Waals surface area contributed by atoms with Crippen molar-refractivity contribution in [2.45, 2.75) is 173 Å². The first kappa shape index (κ1) is 67.4. The number of carbonyl (C=O) groups excluding carboxylic acids is 7. The zero-order chi connectivity index (χ0) is 64.7. The Bertz CT molecular complexity index is 3520. The first-order chi connectivity index (χ1) is 42.0. The van der Waals surface area contributed by atoms with Crippen LogP contribution in [0.4, 0.5) is 14.5 Å². The van der Waals surface area contributed by atoms with Gasteiger partial charge in [0.2, 0.25) is 41.4 Å². The van der Waals surface area contributed by atoms with Crippen LogP contribution in [0.25, 0.3) is 16.0 Å². The zero-order valence-electron chi connectivity index (χ0n) is 51.0. The highest BCUT2D eigenvalue weighted by atomic mass is 32.1. The number of unbranched alkanes of at least 4 members (excludes halogenated alkanes) is 1. The lowest BCUT2D eigenvalue weighted by Gasteiger charge is -2.35. The molecule has 4 heterocycles. The van der Waals surface area contributed by atoms with E-state index in [2.05, 4.69) is 26.3 Å². The number of hydrogen-bond donors (Lipinski definition) is 8. The molecule has 24 heteroatoms. The van der Waals surface area contributed by atoms with Gasteiger partial charge >= 0.3 is 13.3 Å². The molecule has 5 aromatic rings. The Labute approximate surface area is 520 Å². The van der Waals surface area contributed by atoms with Crippen molar-refractivity contribution in [2.24, 2.45) is 11.1 Å².